The Kier molecular flexibility index (Phi) is 5.51. The van der Waals surface area contributed by atoms with Crippen LogP contribution in [0.2, 0.25) is 0 Å². The summed E-state index contributed by atoms with van der Waals surface area (Å²) in [6.07, 6.45) is 0. The van der Waals surface area contributed by atoms with Crippen LogP contribution in [0.3, 0.4) is 0 Å². The van der Waals surface area contributed by atoms with Gasteiger partial charge >= 0.3 is 0 Å². The van der Waals surface area contributed by atoms with E-state index in [2.05, 4.69) is 25.2 Å². The average Bonchev–Trinajstić information content (AvgIpc) is 2.32. The molecule has 0 aliphatic heterocycles. The van der Waals surface area contributed by atoms with Gasteiger partial charge in [-0.3, -0.25) is 4.79 Å². The van der Waals surface area contributed by atoms with Crippen molar-refractivity contribution in [2.24, 2.45) is 0 Å². The third kappa shape index (κ3) is 3.40. The van der Waals surface area contributed by atoms with Gasteiger partial charge in [0.1, 0.15) is 0 Å². The molecule has 0 amide bonds. The highest BCUT2D eigenvalue weighted by Gasteiger charge is 2.15. The monoisotopic (exact) mass is 249 g/mol. The Hall–Kier alpha value is -1.19. The molecule has 0 unspecified atom stereocenters. The van der Waals surface area contributed by atoms with Gasteiger partial charge in [-0.1, -0.05) is 6.07 Å². The van der Waals surface area contributed by atoms with Gasteiger partial charge in [-0.25, -0.2) is 0 Å². The van der Waals surface area contributed by atoms with Gasteiger partial charge in [0.2, 0.25) is 0 Å². The number of carbonyl (C=O) groups excluding carboxylic acids is 1. The maximum Gasteiger partial charge on any atom is 0.177 e. The summed E-state index contributed by atoms with van der Waals surface area (Å²) in [5.41, 5.74) is 5.42. The smallest absolute Gasteiger partial charge is 0.177 e. The summed E-state index contributed by atoms with van der Waals surface area (Å²) in [6, 6.07) is 2.14. The van der Waals surface area contributed by atoms with Crippen molar-refractivity contribution in [2.45, 2.75) is 27.7 Å². The van der Waals surface area contributed by atoms with E-state index in [0.717, 1.165) is 16.7 Å². The summed E-state index contributed by atoms with van der Waals surface area (Å²) in [5, 5.41) is 3.10. The largest absolute Gasteiger partial charge is 0.383 e. The minimum absolute atomic E-state index is 0.160. The second kappa shape index (κ2) is 6.66. The number of ether oxygens (including phenoxy) is 1. The zero-order valence-electron chi connectivity index (χ0n) is 12.0. The molecule has 0 heterocycles. The van der Waals surface area contributed by atoms with Gasteiger partial charge in [-0.2, -0.15) is 0 Å². The van der Waals surface area contributed by atoms with Crippen LogP contribution in [-0.4, -0.2) is 32.6 Å². The van der Waals surface area contributed by atoms with Crippen molar-refractivity contribution < 1.29 is 9.53 Å². The second-order valence-electron chi connectivity index (χ2n) is 4.73. The van der Waals surface area contributed by atoms with Crippen molar-refractivity contribution in [3.8, 4) is 0 Å². The molecule has 0 atom stereocenters. The molecule has 100 valence electrons. The molecular formula is C15H23NO2. The van der Waals surface area contributed by atoms with E-state index >= 15 is 0 Å². The molecule has 3 nitrogen and oxygen atoms in total. The molecule has 0 spiro atoms. The number of nitrogens with one attached hydrogen (secondary N) is 1. The number of Topliss-reactive ketones (excluding diaryl/α,β-unsaturated/α-hetero) is 1. The fourth-order valence-corrected chi connectivity index (χ4v) is 2.10. The second-order valence-corrected chi connectivity index (χ2v) is 4.73. The number of benzene rings is 1. The lowest BCUT2D eigenvalue weighted by atomic mass is 9.92. The lowest BCUT2D eigenvalue weighted by molar-refractivity contribution is 0.0986. The van der Waals surface area contributed by atoms with E-state index in [4.69, 9.17) is 4.74 Å². The highest BCUT2D eigenvalue weighted by molar-refractivity contribution is 6.00. The van der Waals surface area contributed by atoms with Gasteiger partial charge < -0.3 is 10.1 Å². The predicted molar refractivity (Wildman–Crippen MR) is 74.5 cm³/mol. The van der Waals surface area contributed by atoms with Crippen LogP contribution < -0.4 is 5.32 Å². The van der Waals surface area contributed by atoms with Crippen LogP contribution in [0, 0.1) is 27.7 Å². The molecule has 0 radical (unpaired) electrons. The summed E-state index contributed by atoms with van der Waals surface area (Å²) in [5.74, 6) is 0.160. The zero-order chi connectivity index (χ0) is 13.7. The van der Waals surface area contributed by atoms with Crippen molar-refractivity contribution >= 4 is 5.78 Å². The van der Waals surface area contributed by atoms with Crippen molar-refractivity contribution in [1.82, 2.24) is 5.32 Å². The van der Waals surface area contributed by atoms with Crippen LogP contribution in [0.25, 0.3) is 0 Å². The lowest BCUT2D eigenvalue weighted by Crippen LogP contribution is -2.27. The Morgan fingerprint density at radius 1 is 1.17 bits per heavy atom. The van der Waals surface area contributed by atoms with Gasteiger partial charge in [0, 0.05) is 19.2 Å². The van der Waals surface area contributed by atoms with E-state index < -0.39 is 0 Å². The molecule has 0 aliphatic carbocycles. The van der Waals surface area contributed by atoms with Crippen molar-refractivity contribution in [3.63, 3.8) is 0 Å². The summed E-state index contributed by atoms with van der Waals surface area (Å²) in [6.45, 7) is 9.83. The standard InChI is InChI=1S/C15H23NO2/c1-10-8-11(2)13(4)15(12(10)3)14(17)9-16-6-7-18-5/h8,16H,6-7,9H2,1-5H3. The van der Waals surface area contributed by atoms with Gasteiger partial charge in [-0.15, -0.1) is 0 Å². The Labute approximate surface area is 110 Å². The Balaban J connectivity index is 2.85. The summed E-state index contributed by atoms with van der Waals surface area (Å²) in [4.78, 5) is 12.3. The first kappa shape index (κ1) is 14.9. The van der Waals surface area contributed by atoms with E-state index in [1.54, 1.807) is 7.11 Å². The highest BCUT2D eigenvalue weighted by atomic mass is 16.5. The van der Waals surface area contributed by atoms with Gasteiger partial charge in [0.05, 0.1) is 13.2 Å². The fourth-order valence-electron chi connectivity index (χ4n) is 2.10. The number of carbonyl (C=O) groups is 1. The molecule has 0 fully saturated rings. The molecule has 0 aromatic heterocycles. The van der Waals surface area contributed by atoms with Crippen molar-refractivity contribution in [3.05, 3.63) is 33.9 Å². The molecule has 0 saturated carbocycles. The lowest BCUT2D eigenvalue weighted by Gasteiger charge is -2.14. The Morgan fingerprint density at radius 2 is 1.72 bits per heavy atom. The summed E-state index contributed by atoms with van der Waals surface area (Å²) in [7, 11) is 1.65. The summed E-state index contributed by atoms with van der Waals surface area (Å²) >= 11 is 0. The van der Waals surface area contributed by atoms with Crippen LogP contribution in [0.4, 0.5) is 0 Å². The first-order valence-corrected chi connectivity index (χ1v) is 6.29. The summed E-state index contributed by atoms with van der Waals surface area (Å²) < 4.78 is 4.94. The maximum absolute atomic E-state index is 12.3. The van der Waals surface area contributed by atoms with Crippen molar-refractivity contribution in [2.75, 3.05) is 26.8 Å². The Morgan fingerprint density at radius 3 is 2.22 bits per heavy atom. The Bertz CT molecular complexity index is 412. The molecule has 3 heteroatoms. The van der Waals surface area contributed by atoms with Gasteiger partial charge in [0.15, 0.2) is 5.78 Å². The molecule has 1 rings (SSSR count). The van der Waals surface area contributed by atoms with Crippen LogP contribution in [0.15, 0.2) is 6.07 Å². The number of hydrogen-bond acceptors (Lipinski definition) is 3. The van der Waals surface area contributed by atoms with Crippen molar-refractivity contribution in [1.29, 1.82) is 0 Å². The normalized spacial score (nSPS) is 10.7. The topological polar surface area (TPSA) is 38.3 Å². The third-order valence-electron chi connectivity index (χ3n) is 3.41. The first-order chi connectivity index (χ1) is 8.49. The number of methoxy groups -OCH3 is 1. The van der Waals surface area contributed by atoms with Gasteiger partial charge in [-0.05, 0) is 49.9 Å². The van der Waals surface area contributed by atoms with Crippen LogP contribution >= 0.6 is 0 Å². The van der Waals surface area contributed by atoms with E-state index in [1.807, 2.05) is 13.8 Å². The molecule has 18 heavy (non-hydrogen) atoms. The fraction of sp³-hybridized carbons (Fsp3) is 0.533. The van der Waals surface area contributed by atoms with E-state index in [-0.39, 0.29) is 5.78 Å². The van der Waals surface area contributed by atoms with Crippen LogP contribution in [-0.2, 0) is 4.74 Å². The van der Waals surface area contributed by atoms with E-state index in [0.29, 0.717) is 19.7 Å². The first-order valence-electron chi connectivity index (χ1n) is 6.29. The number of aryl methyl sites for hydroxylation is 2. The number of rotatable bonds is 6. The predicted octanol–water partition coefficient (Wildman–Crippen LogP) is 2.34. The highest BCUT2D eigenvalue weighted by Crippen LogP contribution is 2.21. The molecule has 1 N–H and O–H groups in total. The number of ketones is 1. The van der Waals surface area contributed by atoms with Crippen LogP contribution in [0.5, 0.6) is 0 Å². The van der Waals surface area contributed by atoms with E-state index in [9.17, 15) is 4.79 Å². The molecule has 0 saturated heterocycles. The third-order valence-corrected chi connectivity index (χ3v) is 3.41. The van der Waals surface area contributed by atoms with E-state index in [1.165, 1.54) is 11.1 Å². The molecule has 1 aromatic rings. The van der Waals surface area contributed by atoms with Gasteiger partial charge in [0.25, 0.3) is 0 Å². The minimum atomic E-state index is 0.160. The molecule has 0 bridgehead atoms. The maximum atomic E-state index is 12.3. The molecule has 1 aromatic carbocycles. The quantitative estimate of drug-likeness (QED) is 0.621. The van der Waals surface area contributed by atoms with Crippen LogP contribution in [0.1, 0.15) is 32.6 Å². The average molecular weight is 249 g/mol. The number of hydrogen-bond donors (Lipinski definition) is 1. The molecular weight excluding hydrogens is 226 g/mol. The molecule has 0 aliphatic rings. The SMILES string of the molecule is COCCNCC(=O)c1c(C)c(C)cc(C)c1C. The minimum Gasteiger partial charge on any atom is -0.383 e. The zero-order valence-corrected chi connectivity index (χ0v) is 12.0.